The molecular formula is C21H32N2O2. The molecule has 0 unspecified atom stereocenters. The summed E-state index contributed by atoms with van der Waals surface area (Å²) in [5, 5.41) is 3.22. The van der Waals surface area contributed by atoms with Gasteiger partial charge in [-0.05, 0) is 48.3 Å². The van der Waals surface area contributed by atoms with E-state index in [0.717, 1.165) is 51.3 Å². The zero-order valence-electron chi connectivity index (χ0n) is 15.9. The number of rotatable bonds is 4. The number of likely N-dealkylation sites (tertiary alicyclic amines) is 1. The molecule has 1 N–H and O–H groups in total. The molecule has 2 aliphatic heterocycles. The first-order chi connectivity index (χ1) is 11.9. The molecule has 0 spiro atoms. The lowest BCUT2D eigenvalue weighted by Gasteiger charge is -2.33. The van der Waals surface area contributed by atoms with Crippen LogP contribution in [0.25, 0.3) is 0 Å². The minimum atomic E-state index is 0.0584. The van der Waals surface area contributed by atoms with E-state index in [0.29, 0.717) is 12.0 Å². The maximum absolute atomic E-state index is 12.5. The first-order valence-corrected chi connectivity index (χ1v) is 9.63. The molecule has 2 fully saturated rings. The Labute approximate surface area is 151 Å². The lowest BCUT2D eigenvalue weighted by molar-refractivity contribution is 0.0903. The molecule has 2 heterocycles. The van der Waals surface area contributed by atoms with Crippen molar-refractivity contribution in [1.29, 1.82) is 0 Å². The van der Waals surface area contributed by atoms with E-state index in [4.69, 9.17) is 4.74 Å². The Kier molecular flexibility index (Phi) is 5.80. The predicted molar refractivity (Wildman–Crippen MR) is 101 cm³/mol. The summed E-state index contributed by atoms with van der Waals surface area (Å²) in [4.78, 5) is 15.0. The van der Waals surface area contributed by atoms with Crippen molar-refractivity contribution >= 4 is 5.91 Å². The highest BCUT2D eigenvalue weighted by atomic mass is 16.5. The molecule has 2 aliphatic rings. The van der Waals surface area contributed by atoms with Gasteiger partial charge in [0, 0.05) is 37.8 Å². The zero-order chi connectivity index (χ0) is 17.9. The van der Waals surface area contributed by atoms with Gasteiger partial charge in [-0.3, -0.25) is 4.79 Å². The van der Waals surface area contributed by atoms with E-state index in [2.05, 4.69) is 43.1 Å². The third-order valence-corrected chi connectivity index (χ3v) is 5.48. The third kappa shape index (κ3) is 5.05. The Morgan fingerprint density at radius 3 is 2.40 bits per heavy atom. The van der Waals surface area contributed by atoms with Crippen molar-refractivity contribution in [3.05, 3.63) is 35.4 Å². The molecular weight excluding hydrogens is 312 g/mol. The van der Waals surface area contributed by atoms with Crippen molar-refractivity contribution in [3.63, 3.8) is 0 Å². The Hall–Kier alpha value is -1.39. The molecule has 4 heteroatoms. The maximum Gasteiger partial charge on any atom is 0.251 e. The van der Waals surface area contributed by atoms with Crippen molar-refractivity contribution < 1.29 is 9.53 Å². The summed E-state index contributed by atoms with van der Waals surface area (Å²) in [7, 11) is 0. The number of hydrogen-bond donors (Lipinski definition) is 1. The highest BCUT2D eigenvalue weighted by Gasteiger charge is 2.25. The first-order valence-electron chi connectivity index (χ1n) is 9.63. The summed E-state index contributed by atoms with van der Waals surface area (Å²) in [6.07, 6.45) is 3.28. The smallest absolute Gasteiger partial charge is 0.251 e. The molecule has 1 aromatic carbocycles. The van der Waals surface area contributed by atoms with E-state index in [1.807, 2.05) is 12.1 Å². The molecule has 1 aromatic rings. The highest BCUT2D eigenvalue weighted by Crippen LogP contribution is 2.22. The van der Waals surface area contributed by atoms with Gasteiger partial charge in [-0.25, -0.2) is 0 Å². The summed E-state index contributed by atoms with van der Waals surface area (Å²) in [6, 6.07) is 8.34. The molecule has 25 heavy (non-hydrogen) atoms. The minimum Gasteiger partial charge on any atom is -0.381 e. The molecule has 0 radical (unpaired) electrons. The van der Waals surface area contributed by atoms with Gasteiger partial charge in [0.1, 0.15) is 0 Å². The zero-order valence-corrected chi connectivity index (χ0v) is 15.9. The lowest BCUT2D eigenvalue weighted by Crippen LogP contribution is -2.45. The molecule has 0 bridgehead atoms. The number of nitrogens with one attached hydrogen (secondary N) is 1. The highest BCUT2D eigenvalue weighted by molar-refractivity contribution is 5.94. The number of piperidine rings is 1. The van der Waals surface area contributed by atoms with E-state index in [9.17, 15) is 4.79 Å². The quantitative estimate of drug-likeness (QED) is 0.912. The summed E-state index contributed by atoms with van der Waals surface area (Å²) < 4.78 is 5.47. The SMILES string of the molecule is CC(C)(C)c1ccc(C(=O)NC2CCN(C[C@H]3CCOC3)CC2)cc1. The standard InChI is InChI=1S/C21H32N2O2/c1-21(2,3)18-6-4-17(5-7-18)20(24)22-19-8-11-23(12-9-19)14-16-10-13-25-15-16/h4-7,16,19H,8-15H2,1-3H3,(H,22,24)/t16-/m1/s1. The van der Waals surface area contributed by atoms with E-state index >= 15 is 0 Å². The van der Waals surface area contributed by atoms with Crippen LogP contribution < -0.4 is 5.32 Å². The topological polar surface area (TPSA) is 41.6 Å². The normalized spacial score (nSPS) is 22.9. The van der Waals surface area contributed by atoms with Crippen LogP contribution in [0.1, 0.15) is 56.0 Å². The Balaban J connectivity index is 1.45. The van der Waals surface area contributed by atoms with Crippen LogP contribution in [0.4, 0.5) is 0 Å². The number of carbonyl (C=O) groups is 1. The van der Waals surface area contributed by atoms with Gasteiger partial charge in [-0.2, -0.15) is 0 Å². The van der Waals surface area contributed by atoms with Crippen LogP contribution in [0.3, 0.4) is 0 Å². The predicted octanol–water partition coefficient (Wildman–Crippen LogP) is 3.21. The van der Waals surface area contributed by atoms with Crippen LogP contribution in [0.2, 0.25) is 0 Å². The molecule has 1 amide bonds. The fourth-order valence-corrected chi connectivity index (χ4v) is 3.74. The van der Waals surface area contributed by atoms with Gasteiger partial charge >= 0.3 is 0 Å². The van der Waals surface area contributed by atoms with E-state index in [1.165, 1.54) is 12.0 Å². The van der Waals surface area contributed by atoms with Gasteiger partial charge in [0.2, 0.25) is 0 Å². The molecule has 1 atom stereocenters. The second kappa shape index (κ2) is 7.88. The molecule has 2 saturated heterocycles. The third-order valence-electron chi connectivity index (χ3n) is 5.48. The number of ether oxygens (including phenoxy) is 1. The second-order valence-corrected chi connectivity index (χ2v) is 8.61. The monoisotopic (exact) mass is 344 g/mol. The summed E-state index contributed by atoms with van der Waals surface area (Å²) in [5.74, 6) is 0.760. The van der Waals surface area contributed by atoms with Gasteiger partial charge in [0.25, 0.3) is 5.91 Å². The fraction of sp³-hybridized carbons (Fsp3) is 0.667. The number of amides is 1. The molecule has 3 rings (SSSR count). The van der Waals surface area contributed by atoms with Crippen molar-refractivity contribution in [1.82, 2.24) is 10.2 Å². The van der Waals surface area contributed by atoms with Gasteiger partial charge in [-0.15, -0.1) is 0 Å². The summed E-state index contributed by atoms with van der Waals surface area (Å²) in [6.45, 7) is 11.7. The summed E-state index contributed by atoms with van der Waals surface area (Å²) in [5.41, 5.74) is 2.14. The number of benzene rings is 1. The van der Waals surface area contributed by atoms with Crippen molar-refractivity contribution in [3.8, 4) is 0 Å². The Bertz CT molecular complexity index is 563. The summed E-state index contributed by atoms with van der Waals surface area (Å²) >= 11 is 0. The average Bonchev–Trinajstić information content (AvgIpc) is 3.09. The first kappa shape index (κ1) is 18.4. The second-order valence-electron chi connectivity index (χ2n) is 8.61. The molecule has 0 aromatic heterocycles. The van der Waals surface area contributed by atoms with Crippen molar-refractivity contribution in [2.24, 2.45) is 5.92 Å². The number of hydrogen-bond acceptors (Lipinski definition) is 3. The van der Waals surface area contributed by atoms with Crippen molar-refractivity contribution in [2.75, 3.05) is 32.8 Å². The molecule has 0 saturated carbocycles. The van der Waals surface area contributed by atoms with Gasteiger partial charge in [0.05, 0.1) is 6.61 Å². The number of nitrogens with zero attached hydrogens (tertiary/aromatic N) is 1. The van der Waals surface area contributed by atoms with E-state index in [1.54, 1.807) is 0 Å². The maximum atomic E-state index is 12.5. The Morgan fingerprint density at radius 2 is 1.84 bits per heavy atom. The van der Waals surface area contributed by atoms with Crippen LogP contribution in [-0.2, 0) is 10.2 Å². The van der Waals surface area contributed by atoms with Crippen molar-refractivity contribution in [2.45, 2.75) is 51.5 Å². The molecule has 4 nitrogen and oxygen atoms in total. The van der Waals surface area contributed by atoms with Crippen LogP contribution in [0, 0.1) is 5.92 Å². The molecule has 138 valence electrons. The van der Waals surface area contributed by atoms with Crippen LogP contribution in [-0.4, -0.2) is 49.7 Å². The van der Waals surface area contributed by atoms with Crippen LogP contribution in [0.5, 0.6) is 0 Å². The van der Waals surface area contributed by atoms with E-state index in [-0.39, 0.29) is 11.3 Å². The lowest BCUT2D eigenvalue weighted by atomic mass is 9.86. The van der Waals surface area contributed by atoms with E-state index < -0.39 is 0 Å². The van der Waals surface area contributed by atoms with Gasteiger partial charge in [-0.1, -0.05) is 32.9 Å². The number of carbonyl (C=O) groups excluding carboxylic acids is 1. The minimum absolute atomic E-state index is 0.0584. The van der Waals surface area contributed by atoms with Gasteiger partial charge in [0.15, 0.2) is 0 Å². The fourth-order valence-electron chi connectivity index (χ4n) is 3.74. The molecule has 0 aliphatic carbocycles. The Morgan fingerprint density at radius 1 is 1.16 bits per heavy atom. The van der Waals surface area contributed by atoms with Crippen LogP contribution >= 0.6 is 0 Å². The average molecular weight is 344 g/mol. The van der Waals surface area contributed by atoms with Gasteiger partial charge < -0.3 is 15.0 Å². The van der Waals surface area contributed by atoms with Crippen LogP contribution in [0.15, 0.2) is 24.3 Å². The largest absolute Gasteiger partial charge is 0.381 e.